The molecule has 2 aliphatic heterocycles. The molecular weight excluding hydrogens is 1020 g/mol. The Bertz CT molecular complexity index is 2800. The Hall–Kier alpha value is -6.20. The smallest absolute Gasteiger partial charge is 0.396 e. The van der Waals surface area contributed by atoms with E-state index in [0.717, 1.165) is 76.0 Å². The number of fused-ring (bicyclic) bond motifs is 2. The fourth-order valence-corrected chi connectivity index (χ4v) is 8.21. The molecule has 2 aromatic carbocycles. The second-order valence-electron chi connectivity index (χ2n) is 15.4. The van der Waals surface area contributed by atoms with Gasteiger partial charge >= 0.3 is 12.4 Å². The maximum Gasteiger partial charge on any atom is 0.433 e. The predicted octanol–water partition coefficient (Wildman–Crippen LogP) is 9.32. The Morgan fingerprint density at radius 1 is 0.681 bits per heavy atom. The van der Waals surface area contributed by atoms with Crippen molar-refractivity contribution in [2.45, 2.75) is 63.2 Å². The van der Waals surface area contributed by atoms with E-state index in [9.17, 15) is 42.0 Å². The van der Waals surface area contributed by atoms with E-state index in [1.165, 1.54) is 18.5 Å². The van der Waals surface area contributed by atoms with Gasteiger partial charge in [0.1, 0.15) is 46.6 Å². The number of nitrogens with two attached hydrogens (primary N) is 1. The third-order valence-electron chi connectivity index (χ3n) is 10.9. The first-order chi connectivity index (χ1) is 32.9. The molecular formula is C46H41BrCl2F6N12O2. The van der Waals surface area contributed by atoms with E-state index in [4.69, 9.17) is 34.0 Å². The normalized spacial score (nSPS) is 14.1. The van der Waals surface area contributed by atoms with E-state index >= 15 is 0 Å². The molecule has 2 atom stereocenters. The van der Waals surface area contributed by atoms with Gasteiger partial charge in [-0.15, -0.1) is 0 Å². The fourth-order valence-electron chi connectivity index (χ4n) is 7.42. The van der Waals surface area contributed by atoms with E-state index in [-0.39, 0.29) is 19.6 Å². The third-order valence-corrected chi connectivity index (χ3v) is 12.1. The summed E-state index contributed by atoms with van der Waals surface area (Å²) in [5.41, 5.74) is 11.1. The molecule has 360 valence electrons. The summed E-state index contributed by atoms with van der Waals surface area (Å²) in [6.07, 6.45) is -1.72. The van der Waals surface area contributed by atoms with Gasteiger partial charge in [-0.05, 0) is 88.4 Å². The summed E-state index contributed by atoms with van der Waals surface area (Å²) >= 11 is 15.4. The Labute approximate surface area is 410 Å². The number of aliphatic hydroxyl groups is 2. The zero-order valence-electron chi connectivity index (χ0n) is 36.2. The van der Waals surface area contributed by atoms with Crippen molar-refractivity contribution in [2.24, 2.45) is 5.73 Å². The lowest BCUT2D eigenvalue weighted by molar-refractivity contribution is -0.142. The van der Waals surface area contributed by atoms with Crippen molar-refractivity contribution in [1.29, 1.82) is 10.5 Å². The Morgan fingerprint density at radius 2 is 1.17 bits per heavy atom. The molecule has 2 aliphatic rings. The molecule has 4 aromatic heterocycles. The van der Waals surface area contributed by atoms with Gasteiger partial charge in [0.05, 0.1) is 39.9 Å². The standard InChI is InChI=1S/C23H20ClF3N6O.C14H10BrClN4.C9H11F3N2O/c24-16-2-3-20(15(9-16)10-28)33-7-5-19-17(12-33)22(31-13-30-19)32-18(6-8-34)14-1-4-21(29-11-14)23(25,26)27;15-14-11-7-20(4-3-12(11)18-8-19-14)13-2-1-10(16)5-9(13)6-17;10-9(11,12)8-2-1-6(5-14-8)7(13)3-4-15/h1-4,9,11,13,18,34H,5-8,12H2,(H,30,31,32);1-2,5,8H,3-4,7H2;1-2,5,7,15H,3-4,13H2/t18-;;7-/m1.1/s1. The summed E-state index contributed by atoms with van der Waals surface area (Å²) in [5, 5.41) is 41.2. The Morgan fingerprint density at radius 3 is 1.65 bits per heavy atom. The van der Waals surface area contributed by atoms with Crippen LogP contribution in [0.25, 0.3) is 0 Å². The molecule has 0 fully saturated rings. The van der Waals surface area contributed by atoms with Gasteiger partial charge in [-0.25, -0.2) is 19.9 Å². The van der Waals surface area contributed by atoms with Gasteiger partial charge < -0.3 is 31.1 Å². The van der Waals surface area contributed by atoms with Crippen molar-refractivity contribution >= 4 is 56.3 Å². The number of halogens is 9. The number of hydrogen-bond donors (Lipinski definition) is 4. The molecule has 0 amide bonds. The number of nitriles is 2. The van der Waals surface area contributed by atoms with Crippen LogP contribution in [0.5, 0.6) is 0 Å². The van der Waals surface area contributed by atoms with Crippen LogP contribution in [0.15, 0.2) is 90.3 Å². The van der Waals surface area contributed by atoms with Gasteiger partial charge in [0.2, 0.25) is 0 Å². The fraction of sp³-hybridized carbons (Fsp3) is 0.304. The van der Waals surface area contributed by atoms with Crippen LogP contribution in [0.1, 0.15) is 81.1 Å². The highest BCUT2D eigenvalue weighted by Gasteiger charge is 2.33. The number of anilines is 3. The number of alkyl halides is 6. The van der Waals surface area contributed by atoms with E-state index in [2.05, 4.69) is 68.2 Å². The lowest BCUT2D eigenvalue weighted by Crippen LogP contribution is -2.32. The largest absolute Gasteiger partial charge is 0.433 e. The summed E-state index contributed by atoms with van der Waals surface area (Å²) in [6, 6.07) is 18.3. The molecule has 0 saturated carbocycles. The number of aromatic nitrogens is 6. The molecule has 0 unspecified atom stereocenters. The monoisotopic (exact) mass is 1060 g/mol. The summed E-state index contributed by atoms with van der Waals surface area (Å²) < 4.78 is 75.9. The number of nitrogens with one attached hydrogen (secondary N) is 1. The molecule has 0 spiro atoms. The number of rotatable bonds is 10. The van der Waals surface area contributed by atoms with Crippen molar-refractivity contribution in [3.63, 3.8) is 0 Å². The van der Waals surface area contributed by atoms with Gasteiger partial charge in [-0.1, -0.05) is 35.3 Å². The SMILES string of the molecule is N#Cc1cc(Cl)ccc1N1CCc2ncnc(Br)c2C1.N#Cc1cc(Cl)ccc1N1CCc2ncnc(N[C@H](CCO)c3ccc(C(F)(F)F)nc3)c2C1.N[C@H](CCO)c1ccc(C(F)(F)F)nc1. The van der Waals surface area contributed by atoms with Gasteiger partial charge in [-0.3, -0.25) is 9.97 Å². The first kappa shape index (κ1) is 52.2. The van der Waals surface area contributed by atoms with Crippen LogP contribution in [0.4, 0.5) is 43.5 Å². The second-order valence-corrected chi connectivity index (χ2v) is 17.0. The molecule has 6 aromatic rings. The highest BCUT2D eigenvalue weighted by molar-refractivity contribution is 9.10. The quantitative estimate of drug-likeness (QED) is 0.0745. The minimum atomic E-state index is -4.53. The van der Waals surface area contributed by atoms with E-state index in [1.54, 1.807) is 30.6 Å². The highest BCUT2D eigenvalue weighted by atomic mass is 79.9. The van der Waals surface area contributed by atoms with Crippen LogP contribution in [0, 0.1) is 22.7 Å². The first-order valence-corrected chi connectivity index (χ1v) is 22.5. The lowest BCUT2D eigenvalue weighted by Gasteiger charge is -2.32. The summed E-state index contributed by atoms with van der Waals surface area (Å²) in [4.78, 5) is 28.2. The molecule has 8 rings (SSSR count). The van der Waals surface area contributed by atoms with Crippen LogP contribution in [-0.2, 0) is 38.3 Å². The number of pyridine rings is 2. The van der Waals surface area contributed by atoms with E-state index in [0.29, 0.717) is 70.6 Å². The zero-order valence-corrected chi connectivity index (χ0v) is 39.3. The number of hydrogen-bond acceptors (Lipinski definition) is 14. The third kappa shape index (κ3) is 13.5. The second kappa shape index (κ2) is 23.4. The van der Waals surface area contributed by atoms with E-state index in [1.807, 2.05) is 17.0 Å². The lowest BCUT2D eigenvalue weighted by atomic mass is 10.0. The Kier molecular flexibility index (Phi) is 17.7. The van der Waals surface area contributed by atoms with E-state index < -0.39 is 35.8 Å². The van der Waals surface area contributed by atoms with Crippen LogP contribution < -0.4 is 20.9 Å². The van der Waals surface area contributed by atoms with Gasteiger partial charge in [0.15, 0.2) is 0 Å². The van der Waals surface area contributed by atoms with Crippen LogP contribution in [0.2, 0.25) is 10.0 Å². The molecule has 6 heterocycles. The van der Waals surface area contributed by atoms with Crippen LogP contribution in [-0.4, -0.2) is 66.4 Å². The zero-order chi connectivity index (χ0) is 49.9. The number of nitrogens with zero attached hydrogens (tertiary/aromatic N) is 10. The molecule has 0 aliphatic carbocycles. The van der Waals surface area contributed by atoms with Crippen molar-refractivity contribution < 1.29 is 36.6 Å². The predicted molar refractivity (Wildman–Crippen MR) is 249 cm³/mol. The average molecular weight is 1060 g/mol. The summed E-state index contributed by atoms with van der Waals surface area (Å²) in [6.45, 7) is 2.28. The number of benzene rings is 2. The van der Waals surface area contributed by atoms with Crippen LogP contribution >= 0.6 is 39.1 Å². The average Bonchev–Trinajstić information content (AvgIpc) is 3.34. The topological polar surface area (TPSA) is 210 Å². The minimum absolute atomic E-state index is 0.109. The van der Waals surface area contributed by atoms with Crippen molar-refractivity contribution in [1.82, 2.24) is 29.9 Å². The van der Waals surface area contributed by atoms with Crippen molar-refractivity contribution in [2.75, 3.05) is 41.4 Å². The molecule has 0 bridgehead atoms. The highest BCUT2D eigenvalue weighted by Crippen LogP contribution is 2.35. The van der Waals surface area contributed by atoms with Crippen molar-refractivity contribution in [3.05, 3.63) is 157 Å². The van der Waals surface area contributed by atoms with Crippen LogP contribution in [0.3, 0.4) is 0 Å². The minimum Gasteiger partial charge on any atom is -0.396 e. The molecule has 0 saturated heterocycles. The maximum absolute atomic E-state index is 12.9. The van der Waals surface area contributed by atoms with Crippen molar-refractivity contribution in [3.8, 4) is 12.1 Å². The molecule has 14 nitrogen and oxygen atoms in total. The van der Waals surface area contributed by atoms with Gasteiger partial charge in [0, 0.05) is 91.8 Å². The van der Waals surface area contributed by atoms with Gasteiger partial charge in [0.25, 0.3) is 0 Å². The molecule has 0 radical (unpaired) electrons. The molecule has 69 heavy (non-hydrogen) atoms. The summed E-state index contributed by atoms with van der Waals surface area (Å²) in [7, 11) is 0. The van der Waals surface area contributed by atoms with Gasteiger partial charge in [-0.2, -0.15) is 36.9 Å². The molecule has 5 N–H and O–H groups in total. The maximum atomic E-state index is 12.9. The Balaban J connectivity index is 0.000000189. The number of aliphatic hydroxyl groups excluding tert-OH is 2. The molecule has 23 heteroatoms. The first-order valence-electron chi connectivity index (χ1n) is 20.9. The summed E-state index contributed by atoms with van der Waals surface area (Å²) in [5.74, 6) is 0.514.